The van der Waals surface area contributed by atoms with E-state index in [-0.39, 0.29) is 17.5 Å². The summed E-state index contributed by atoms with van der Waals surface area (Å²) in [6.45, 7) is 0. The molecular formula is C14H10BrFOS. The molecule has 4 heteroatoms. The maximum Gasteiger partial charge on any atom is 0.175 e. The molecule has 1 aromatic carbocycles. The molecule has 1 aliphatic carbocycles. The van der Waals surface area contributed by atoms with Crippen molar-refractivity contribution < 1.29 is 9.18 Å². The molecule has 1 heterocycles. The highest BCUT2D eigenvalue weighted by atomic mass is 79.9. The number of carbonyl (C=O) groups excluding carboxylic acids is 1. The predicted molar refractivity (Wildman–Crippen MR) is 74.5 cm³/mol. The molecular weight excluding hydrogens is 315 g/mol. The Morgan fingerprint density at radius 2 is 2.06 bits per heavy atom. The lowest BCUT2D eigenvalue weighted by Gasteiger charge is -1.99. The third kappa shape index (κ3) is 2.27. The van der Waals surface area contributed by atoms with Crippen LogP contribution < -0.4 is 0 Å². The van der Waals surface area contributed by atoms with Crippen LogP contribution in [0.4, 0.5) is 4.39 Å². The molecule has 1 saturated carbocycles. The molecule has 0 bridgehead atoms. The summed E-state index contributed by atoms with van der Waals surface area (Å²) >= 11 is 4.58. The molecule has 0 unspecified atom stereocenters. The van der Waals surface area contributed by atoms with Gasteiger partial charge in [0.2, 0.25) is 0 Å². The first-order chi connectivity index (χ1) is 8.65. The number of hydrogen-bond donors (Lipinski definition) is 0. The fourth-order valence-corrected chi connectivity index (χ4v) is 3.09. The number of carbonyl (C=O) groups is 1. The van der Waals surface area contributed by atoms with Crippen molar-refractivity contribution in [2.75, 3.05) is 0 Å². The van der Waals surface area contributed by atoms with E-state index in [9.17, 15) is 9.18 Å². The number of Topliss-reactive ketones (excluding diaryl/α,β-unsaturated/α-hetero) is 1. The Bertz CT molecular complexity index is 616. The molecule has 0 N–H and O–H groups in total. The highest BCUT2D eigenvalue weighted by Gasteiger charge is 2.31. The van der Waals surface area contributed by atoms with Gasteiger partial charge in [0.05, 0.1) is 9.35 Å². The van der Waals surface area contributed by atoms with E-state index in [2.05, 4.69) is 15.9 Å². The Morgan fingerprint density at radius 1 is 1.28 bits per heavy atom. The summed E-state index contributed by atoms with van der Waals surface area (Å²) in [5.74, 6) is 0.193. The lowest BCUT2D eigenvalue weighted by Crippen LogP contribution is -1.96. The third-order valence-corrected chi connectivity index (χ3v) is 4.79. The van der Waals surface area contributed by atoms with Gasteiger partial charge >= 0.3 is 0 Å². The van der Waals surface area contributed by atoms with Crippen LogP contribution in [0, 0.1) is 11.7 Å². The van der Waals surface area contributed by atoms with Crippen LogP contribution in [0.25, 0.3) is 10.4 Å². The number of thiophene rings is 1. The third-order valence-electron chi connectivity index (χ3n) is 3.00. The number of ketones is 1. The van der Waals surface area contributed by atoms with Crippen LogP contribution >= 0.6 is 27.3 Å². The maximum absolute atomic E-state index is 13.5. The molecule has 1 nitrogen and oxygen atoms in total. The normalized spacial score (nSPS) is 14.8. The average molecular weight is 325 g/mol. The molecule has 1 fully saturated rings. The zero-order chi connectivity index (χ0) is 12.7. The molecule has 0 atom stereocenters. The van der Waals surface area contributed by atoms with Crippen molar-refractivity contribution in [3.8, 4) is 10.4 Å². The van der Waals surface area contributed by atoms with Crippen molar-refractivity contribution in [2.45, 2.75) is 12.8 Å². The predicted octanol–water partition coefficient (Wildman–Crippen LogP) is 4.91. The van der Waals surface area contributed by atoms with E-state index in [0.29, 0.717) is 4.47 Å². The fourth-order valence-electron chi connectivity index (χ4n) is 1.82. The van der Waals surface area contributed by atoms with Gasteiger partial charge in [-0.15, -0.1) is 11.3 Å². The van der Waals surface area contributed by atoms with Crippen LogP contribution in [0.2, 0.25) is 0 Å². The van der Waals surface area contributed by atoms with Crippen molar-refractivity contribution in [1.29, 1.82) is 0 Å². The number of benzene rings is 1. The lowest BCUT2D eigenvalue weighted by molar-refractivity contribution is 0.0971. The van der Waals surface area contributed by atoms with Crippen molar-refractivity contribution in [1.82, 2.24) is 0 Å². The Kier molecular flexibility index (Phi) is 3.08. The first kappa shape index (κ1) is 12.1. The lowest BCUT2D eigenvalue weighted by atomic mass is 10.2. The standard InChI is InChI=1S/C14H10BrFOS/c15-10-4-3-9(7-11(10)16)12-5-6-13(18-12)14(17)8-1-2-8/h3-8H,1-2H2. The zero-order valence-electron chi connectivity index (χ0n) is 9.45. The largest absolute Gasteiger partial charge is 0.293 e. The summed E-state index contributed by atoms with van der Waals surface area (Å²) in [5.41, 5.74) is 0.815. The van der Waals surface area contributed by atoms with E-state index < -0.39 is 0 Å². The molecule has 92 valence electrons. The first-order valence-electron chi connectivity index (χ1n) is 5.74. The molecule has 1 aliphatic rings. The number of hydrogen-bond acceptors (Lipinski definition) is 2. The fraction of sp³-hybridized carbons (Fsp3) is 0.214. The van der Waals surface area contributed by atoms with Crippen LogP contribution in [-0.4, -0.2) is 5.78 Å². The Hall–Kier alpha value is -1.00. The van der Waals surface area contributed by atoms with E-state index in [1.54, 1.807) is 6.07 Å². The summed E-state index contributed by atoms with van der Waals surface area (Å²) < 4.78 is 13.9. The van der Waals surface area contributed by atoms with Gasteiger partial charge in [0, 0.05) is 10.8 Å². The average Bonchev–Trinajstić information content (AvgIpc) is 3.09. The first-order valence-corrected chi connectivity index (χ1v) is 7.35. The van der Waals surface area contributed by atoms with Crippen LogP contribution in [-0.2, 0) is 0 Å². The molecule has 0 amide bonds. The van der Waals surface area contributed by atoms with Gasteiger partial charge in [-0.2, -0.15) is 0 Å². The Morgan fingerprint density at radius 3 is 2.72 bits per heavy atom. The van der Waals surface area contributed by atoms with Crippen molar-refractivity contribution in [3.63, 3.8) is 0 Å². The monoisotopic (exact) mass is 324 g/mol. The van der Waals surface area contributed by atoms with Gasteiger partial charge in [-0.3, -0.25) is 4.79 Å². The highest BCUT2D eigenvalue weighted by Crippen LogP contribution is 2.37. The van der Waals surface area contributed by atoms with Crippen LogP contribution in [0.15, 0.2) is 34.8 Å². The topological polar surface area (TPSA) is 17.1 Å². The zero-order valence-corrected chi connectivity index (χ0v) is 11.9. The van der Waals surface area contributed by atoms with E-state index in [4.69, 9.17) is 0 Å². The van der Waals surface area contributed by atoms with Crippen molar-refractivity contribution in [2.24, 2.45) is 5.92 Å². The van der Waals surface area contributed by atoms with Crippen LogP contribution in [0.1, 0.15) is 22.5 Å². The smallest absolute Gasteiger partial charge is 0.175 e. The van der Waals surface area contributed by atoms with Gasteiger partial charge in [0.15, 0.2) is 5.78 Å². The highest BCUT2D eigenvalue weighted by molar-refractivity contribution is 9.10. The number of rotatable bonds is 3. The van der Waals surface area contributed by atoms with Gasteiger partial charge in [-0.05, 0) is 58.6 Å². The summed E-state index contributed by atoms with van der Waals surface area (Å²) in [6, 6.07) is 8.77. The van der Waals surface area contributed by atoms with Crippen molar-refractivity contribution in [3.05, 3.63) is 45.5 Å². The molecule has 0 saturated heterocycles. The molecule has 1 aromatic heterocycles. The van der Waals surface area contributed by atoms with Gasteiger partial charge in [0.1, 0.15) is 5.82 Å². The summed E-state index contributed by atoms with van der Waals surface area (Å²) in [7, 11) is 0. The minimum Gasteiger partial charge on any atom is -0.293 e. The quantitative estimate of drug-likeness (QED) is 0.733. The van der Waals surface area contributed by atoms with E-state index in [0.717, 1.165) is 28.2 Å². The van der Waals surface area contributed by atoms with Gasteiger partial charge in [-0.1, -0.05) is 6.07 Å². The van der Waals surface area contributed by atoms with Crippen LogP contribution in [0.3, 0.4) is 0 Å². The van der Waals surface area contributed by atoms with Gasteiger partial charge in [-0.25, -0.2) is 4.39 Å². The second-order valence-electron chi connectivity index (χ2n) is 4.43. The van der Waals surface area contributed by atoms with Crippen molar-refractivity contribution >= 4 is 33.0 Å². The Balaban J connectivity index is 1.92. The molecule has 0 radical (unpaired) electrons. The second-order valence-corrected chi connectivity index (χ2v) is 6.37. The minimum atomic E-state index is -0.282. The summed E-state index contributed by atoms with van der Waals surface area (Å²) in [5, 5.41) is 0. The number of halogens is 2. The van der Waals surface area contributed by atoms with Crippen LogP contribution in [0.5, 0.6) is 0 Å². The maximum atomic E-state index is 13.5. The molecule has 2 aromatic rings. The van der Waals surface area contributed by atoms with E-state index in [1.165, 1.54) is 17.4 Å². The Labute approximate surface area is 117 Å². The molecule has 3 rings (SSSR count). The molecule has 18 heavy (non-hydrogen) atoms. The van der Waals surface area contributed by atoms with E-state index >= 15 is 0 Å². The summed E-state index contributed by atoms with van der Waals surface area (Å²) in [6.07, 6.45) is 2.03. The SMILES string of the molecule is O=C(c1ccc(-c2ccc(Br)c(F)c2)s1)C1CC1. The van der Waals surface area contributed by atoms with E-state index in [1.807, 2.05) is 18.2 Å². The molecule has 0 aliphatic heterocycles. The molecule has 0 spiro atoms. The summed E-state index contributed by atoms with van der Waals surface area (Å²) in [4.78, 5) is 13.6. The minimum absolute atomic E-state index is 0.234. The van der Waals surface area contributed by atoms with Gasteiger partial charge in [0.25, 0.3) is 0 Å². The van der Waals surface area contributed by atoms with Gasteiger partial charge < -0.3 is 0 Å². The second kappa shape index (κ2) is 4.59.